The standard InChI is InChI=1S/C16H22O.2C2H6/c1-3-4-5-7-13-10-15(12(2)17)11-14-8-6-9-16(13)14;2*1-2/h10-11H,3-9H2,1-2H3;2*1-2H3. The zero-order valence-electron chi connectivity index (χ0n) is 15.0. The summed E-state index contributed by atoms with van der Waals surface area (Å²) in [5, 5.41) is 0. The molecule has 0 aliphatic heterocycles. The third-order valence-corrected chi connectivity index (χ3v) is 3.76. The number of benzene rings is 1. The Morgan fingerprint density at radius 1 is 1.05 bits per heavy atom. The Bertz CT molecular complexity index is 418. The van der Waals surface area contributed by atoms with Crippen molar-refractivity contribution in [2.24, 2.45) is 0 Å². The molecule has 1 nitrogen and oxygen atoms in total. The molecule has 1 heteroatoms. The second kappa shape index (κ2) is 11.5. The second-order valence-electron chi connectivity index (χ2n) is 5.14. The van der Waals surface area contributed by atoms with Gasteiger partial charge in [0.1, 0.15) is 0 Å². The van der Waals surface area contributed by atoms with Gasteiger partial charge in [0.15, 0.2) is 5.78 Å². The maximum Gasteiger partial charge on any atom is 0.159 e. The van der Waals surface area contributed by atoms with Gasteiger partial charge >= 0.3 is 0 Å². The van der Waals surface area contributed by atoms with Crippen LogP contribution in [-0.4, -0.2) is 5.78 Å². The molecule has 1 aliphatic rings. The summed E-state index contributed by atoms with van der Waals surface area (Å²) in [6, 6.07) is 4.26. The van der Waals surface area contributed by atoms with E-state index in [0.29, 0.717) is 0 Å². The summed E-state index contributed by atoms with van der Waals surface area (Å²) in [4.78, 5) is 11.5. The first-order valence-electron chi connectivity index (χ1n) is 8.88. The number of rotatable bonds is 5. The zero-order valence-corrected chi connectivity index (χ0v) is 15.0. The molecule has 0 fully saturated rings. The third kappa shape index (κ3) is 6.03. The molecule has 2 rings (SSSR count). The van der Waals surface area contributed by atoms with Gasteiger partial charge in [0.25, 0.3) is 0 Å². The summed E-state index contributed by atoms with van der Waals surface area (Å²) in [5.41, 5.74) is 5.34. The van der Waals surface area contributed by atoms with Gasteiger partial charge < -0.3 is 0 Å². The number of carbonyl (C=O) groups is 1. The maximum atomic E-state index is 11.5. The number of aryl methyl sites for hydroxylation is 2. The number of unbranched alkanes of at least 4 members (excludes halogenated alkanes) is 2. The normalized spacial score (nSPS) is 11.7. The number of hydrogen-bond donors (Lipinski definition) is 0. The minimum atomic E-state index is 0.205. The van der Waals surface area contributed by atoms with E-state index in [9.17, 15) is 4.79 Å². The van der Waals surface area contributed by atoms with Crippen LogP contribution in [-0.2, 0) is 19.3 Å². The Balaban J connectivity index is 0.000000921. The molecule has 0 spiro atoms. The minimum Gasteiger partial charge on any atom is -0.295 e. The monoisotopic (exact) mass is 290 g/mol. The van der Waals surface area contributed by atoms with Gasteiger partial charge in [-0.2, -0.15) is 0 Å². The lowest BCUT2D eigenvalue weighted by atomic mass is 9.94. The fourth-order valence-electron chi connectivity index (χ4n) is 2.79. The Morgan fingerprint density at radius 3 is 2.29 bits per heavy atom. The van der Waals surface area contributed by atoms with Gasteiger partial charge in [0.05, 0.1) is 0 Å². The molecule has 0 heterocycles. The minimum absolute atomic E-state index is 0.205. The van der Waals surface area contributed by atoms with Crippen LogP contribution in [0.25, 0.3) is 0 Å². The highest BCUT2D eigenvalue weighted by molar-refractivity contribution is 5.94. The first-order valence-corrected chi connectivity index (χ1v) is 8.88. The number of Topliss-reactive ketones (excluding diaryl/α,β-unsaturated/α-hetero) is 1. The van der Waals surface area contributed by atoms with Crippen molar-refractivity contribution >= 4 is 5.78 Å². The summed E-state index contributed by atoms with van der Waals surface area (Å²) in [6.45, 7) is 11.9. The SMILES string of the molecule is CC.CC.CCCCCc1cc(C(C)=O)cc2c1CCC2. The van der Waals surface area contributed by atoms with E-state index in [1.807, 2.05) is 27.7 Å². The van der Waals surface area contributed by atoms with Crippen molar-refractivity contribution in [2.45, 2.75) is 86.5 Å². The van der Waals surface area contributed by atoms with Crippen molar-refractivity contribution in [1.29, 1.82) is 0 Å². The van der Waals surface area contributed by atoms with E-state index in [-0.39, 0.29) is 5.78 Å². The average Bonchev–Trinajstić information content (AvgIpc) is 3.00. The molecule has 0 amide bonds. The predicted octanol–water partition coefficient (Wildman–Crippen LogP) is 6.16. The van der Waals surface area contributed by atoms with Crippen LogP contribution < -0.4 is 0 Å². The van der Waals surface area contributed by atoms with Crippen LogP contribution >= 0.6 is 0 Å². The molecule has 0 radical (unpaired) electrons. The summed E-state index contributed by atoms with van der Waals surface area (Å²) >= 11 is 0. The molecular formula is C20H34O. The van der Waals surface area contributed by atoms with Gasteiger partial charge in [0.2, 0.25) is 0 Å². The highest BCUT2D eigenvalue weighted by Crippen LogP contribution is 2.28. The lowest BCUT2D eigenvalue weighted by molar-refractivity contribution is 0.101. The van der Waals surface area contributed by atoms with Gasteiger partial charge in [-0.1, -0.05) is 47.5 Å². The molecule has 21 heavy (non-hydrogen) atoms. The lowest BCUT2D eigenvalue weighted by Crippen LogP contribution is -2.00. The summed E-state index contributed by atoms with van der Waals surface area (Å²) in [7, 11) is 0. The maximum absolute atomic E-state index is 11.5. The topological polar surface area (TPSA) is 17.1 Å². The van der Waals surface area contributed by atoms with Crippen LogP contribution in [0.2, 0.25) is 0 Å². The smallest absolute Gasteiger partial charge is 0.159 e. The molecule has 0 bridgehead atoms. The van der Waals surface area contributed by atoms with Crippen molar-refractivity contribution in [3.8, 4) is 0 Å². The highest BCUT2D eigenvalue weighted by Gasteiger charge is 2.17. The first kappa shape index (κ1) is 19.9. The average molecular weight is 290 g/mol. The van der Waals surface area contributed by atoms with Crippen molar-refractivity contribution in [3.63, 3.8) is 0 Å². The third-order valence-electron chi connectivity index (χ3n) is 3.76. The quantitative estimate of drug-likeness (QED) is 0.468. The van der Waals surface area contributed by atoms with Gasteiger partial charge in [-0.25, -0.2) is 0 Å². The molecule has 0 saturated carbocycles. The van der Waals surface area contributed by atoms with Crippen LogP contribution in [0.1, 0.15) is 94.3 Å². The van der Waals surface area contributed by atoms with E-state index in [1.54, 1.807) is 12.5 Å². The van der Waals surface area contributed by atoms with E-state index in [4.69, 9.17) is 0 Å². The lowest BCUT2D eigenvalue weighted by Gasteiger charge is -2.10. The Morgan fingerprint density at radius 2 is 1.71 bits per heavy atom. The molecule has 120 valence electrons. The molecular weight excluding hydrogens is 256 g/mol. The van der Waals surface area contributed by atoms with Crippen LogP contribution in [0.5, 0.6) is 0 Å². The van der Waals surface area contributed by atoms with Crippen molar-refractivity contribution in [2.75, 3.05) is 0 Å². The molecule has 0 unspecified atom stereocenters. The number of carbonyl (C=O) groups excluding carboxylic acids is 1. The fraction of sp³-hybridized carbons (Fsp3) is 0.650. The largest absolute Gasteiger partial charge is 0.295 e. The Labute approximate surface area is 132 Å². The highest BCUT2D eigenvalue weighted by atomic mass is 16.1. The van der Waals surface area contributed by atoms with E-state index >= 15 is 0 Å². The van der Waals surface area contributed by atoms with Crippen LogP contribution in [0.3, 0.4) is 0 Å². The van der Waals surface area contributed by atoms with Gasteiger partial charge in [-0.3, -0.25) is 4.79 Å². The summed E-state index contributed by atoms with van der Waals surface area (Å²) in [6.07, 6.45) is 8.60. The molecule has 0 atom stereocenters. The molecule has 1 aromatic carbocycles. The Kier molecular flexibility index (Phi) is 10.9. The molecule has 1 aromatic rings. The zero-order chi connectivity index (χ0) is 16.3. The second-order valence-corrected chi connectivity index (χ2v) is 5.14. The van der Waals surface area contributed by atoms with Crippen LogP contribution in [0.15, 0.2) is 12.1 Å². The van der Waals surface area contributed by atoms with E-state index in [1.165, 1.54) is 43.2 Å². The van der Waals surface area contributed by atoms with Gasteiger partial charge in [-0.15, -0.1) is 0 Å². The van der Waals surface area contributed by atoms with Crippen molar-refractivity contribution in [3.05, 3.63) is 34.4 Å². The fourth-order valence-corrected chi connectivity index (χ4v) is 2.79. The molecule has 0 N–H and O–H groups in total. The van der Waals surface area contributed by atoms with Crippen molar-refractivity contribution < 1.29 is 4.79 Å². The molecule has 0 aromatic heterocycles. The predicted molar refractivity (Wildman–Crippen MR) is 94.4 cm³/mol. The van der Waals surface area contributed by atoms with E-state index < -0.39 is 0 Å². The van der Waals surface area contributed by atoms with E-state index in [2.05, 4.69) is 19.1 Å². The van der Waals surface area contributed by atoms with E-state index in [0.717, 1.165) is 18.4 Å². The van der Waals surface area contributed by atoms with Crippen LogP contribution in [0, 0.1) is 0 Å². The number of fused-ring (bicyclic) bond motifs is 1. The number of hydrogen-bond acceptors (Lipinski definition) is 1. The first-order chi connectivity index (χ1) is 10.2. The van der Waals surface area contributed by atoms with Gasteiger partial charge in [-0.05, 0) is 67.9 Å². The van der Waals surface area contributed by atoms with Crippen molar-refractivity contribution in [1.82, 2.24) is 0 Å². The van der Waals surface area contributed by atoms with Gasteiger partial charge in [0, 0.05) is 5.56 Å². The Hall–Kier alpha value is -1.11. The molecule has 0 saturated heterocycles. The number of ketones is 1. The van der Waals surface area contributed by atoms with Crippen LogP contribution in [0.4, 0.5) is 0 Å². The summed E-state index contributed by atoms with van der Waals surface area (Å²) < 4.78 is 0. The molecule has 1 aliphatic carbocycles. The summed E-state index contributed by atoms with van der Waals surface area (Å²) in [5.74, 6) is 0.205.